The van der Waals surface area contributed by atoms with Crippen LogP contribution in [0.3, 0.4) is 0 Å². The van der Waals surface area contributed by atoms with Crippen molar-refractivity contribution in [3.63, 3.8) is 0 Å². The third-order valence-corrected chi connectivity index (χ3v) is 2.09. The van der Waals surface area contributed by atoms with Crippen LogP contribution in [0.4, 0.5) is 0 Å². The largest absolute Gasteiger partial charge is 0.748 e. The van der Waals surface area contributed by atoms with E-state index in [4.69, 9.17) is 0 Å². The molecule has 0 aliphatic heterocycles. The average molecular weight is 246 g/mol. The van der Waals surface area contributed by atoms with Crippen LogP contribution in [0.2, 0.25) is 0 Å². The number of rotatable bonds is 1. The van der Waals surface area contributed by atoms with Gasteiger partial charge in [-0.1, -0.05) is 5.56 Å². The predicted molar refractivity (Wildman–Crippen MR) is 58.8 cm³/mol. The summed E-state index contributed by atoms with van der Waals surface area (Å²) in [7, 11) is 2.49. The first-order valence-electron chi connectivity index (χ1n) is 3.97. The molecule has 0 aromatic heterocycles. The maximum absolute atomic E-state index is 10.1. The van der Waals surface area contributed by atoms with Gasteiger partial charge < -0.3 is 35.1 Å². The predicted octanol–water partition coefficient (Wildman–Crippen LogP) is 2.12. The quantitative estimate of drug-likeness (QED) is 0.326. The Morgan fingerprint density at radius 2 is 1.71 bits per heavy atom. The van der Waals surface area contributed by atoms with Gasteiger partial charge in [-0.3, -0.25) is 0 Å². The molecule has 1 unspecified atom stereocenters. The van der Waals surface area contributed by atoms with Gasteiger partial charge in [-0.2, -0.15) is 6.07 Å². The molecular weight excluding hydrogens is 235 g/mol. The normalized spacial score (nSPS) is 8.07. The van der Waals surface area contributed by atoms with Crippen molar-refractivity contribution >= 4 is 20.8 Å². The molecule has 0 bridgehead atoms. The second kappa shape index (κ2) is 7.70. The van der Waals surface area contributed by atoms with Gasteiger partial charge in [0.15, 0.2) is 0 Å². The van der Waals surface area contributed by atoms with E-state index in [1.807, 2.05) is 42.5 Å². The Morgan fingerprint density at radius 3 is 1.93 bits per heavy atom. The van der Waals surface area contributed by atoms with Crippen LogP contribution < -0.4 is 5.30 Å². The van der Waals surface area contributed by atoms with Crippen molar-refractivity contribution in [1.82, 2.24) is 0 Å². The van der Waals surface area contributed by atoms with Gasteiger partial charge in [-0.05, 0) is 0 Å². The summed E-state index contributed by atoms with van der Waals surface area (Å²) < 4.78 is 0. The minimum absolute atomic E-state index is 0. The fourth-order valence-electron chi connectivity index (χ4n) is 0.876. The Kier molecular flexibility index (Phi) is 7.32. The van der Waals surface area contributed by atoms with Crippen molar-refractivity contribution in [3.05, 3.63) is 54.1 Å². The van der Waals surface area contributed by atoms with Crippen molar-refractivity contribution in [1.29, 1.82) is 0 Å². The summed E-state index contributed by atoms with van der Waals surface area (Å²) in [5.41, 5.74) is 0.759. The van der Waals surface area contributed by atoms with E-state index in [1.165, 1.54) is 0 Å². The minimum Gasteiger partial charge on any atom is -0.748 e. The van der Waals surface area contributed by atoms with Crippen LogP contribution in [0.25, 0.3) is 0 Å². The van der Waals surface area contributed by atoms with Gasteiger partial charge >= 0.3 is 0 Å². The number of carbonyl (C=O) groups is 1. The molecule has 0 radical (unpaired) electrons. The summed E-state index contributed by atoms with van der Waals surface area (Å²) in [5, 5.41) is 0.972. The van der Waals surface area contributed by atoms with Gasteiger partial charge in [-0.15, -0.1) is 14.5 Å². The monoisotopic (exact) mass is 246 g/mol. The van der Waals surface area contributed by atoms with Crippen LogP contribution >= 0.6 is 9.24 Å². The van der Waals surface area contributed by atoms with Crippen LogP contribution in [0, 0.1) is 0 Å². The molecule has 0 N–H and O–H groups in total. The summed E-state index contributed by atoms with van der Waals surface area (Å²) >= 11 is 0. The van der Waals surface area contributed by atoms with Gasteiger partial charge in [0.2, 0.25) is 0 Å². The summed E-state index contributed by atoms with van der Waals surface area (Å²) in [5.74, 6) is 0. The van der Waals surface area contributed by atoms with Crippen molar-refractivity contribution in [3.8, 4) is 0 Å². The second-order valence-corrected chi connectivity index (χ2v) is 3.14. The topological polar surface area (TPSA) is 17.1 Å². The van der Waals surface area contributed by atoms with Gasteiger partial charge in [-0.25, -0.2) is 12.1 Å². The first kappa shape index (κ1) is 13.3. The molecule has 0 amide bonds. The van der Waals surface area contributed by atoms with Crippen LogP contribution in [-0.2, 0) is 17.1 Å². The zero-order valence-electron chi connectivity index (χ0n) is 7.54. The Bertz CT molecular complexity index is 321. The number of carbonyl (C=O) groups excluding carboxylic acids is 1. The summed E-state index contributed by atoms with van der Waals surface area (Å²) in [4.78, 5) is 10.1. The van der Waals surface area contributed by atoms with Crippen LogP contribution in [-0.4, -0.2) is 6.29 Å². The molecule has 0 aliphatic rings. The Hall–Kier alpha value is -0.681. The van der Waals surface area contributed by atoms with Crippen LogP contribution in [0.5, 0.6) is 0 Å². The third-order valence-electron chi connectivity index (χ3n) is 1.57. The fraction of sp³-hybridized carbons (Fsp3) is 0. The SMILES string of the molecule is O=C[c-]1cccc1P.[Fe].[cH-]1[cH-][cH-][cH-][cH-]1. The fourth-order valence-corrected chi connectivity index (χ4v) is 1.15. The van der Waals surface area contributed by atoms with Crippen LogP contribution in [0.15, 0.2) is 48.5 Å². The molecule has 2 aromatic rings. The Labute approximate surface area is 96.9 Å². The first-order chi connectivity index (χ1) is 6.34. The summed E-state index contributed by atoms with van der Waals surface area (Å²) in [6.45, 7) is 0. The Balaban J connectivity index is 0.000000246. The summed E-state index contributed by atoms with van der Waals surface area (Å²) in [6.07, 6.45) is 0.850. The maximum atomic E-state index is 10.1. The molecule has 2 aromatic carbocycles. The van der Waals surface area contributed by atoms with Gasteiger partial charge in [0.05, 0.1) is 6.29 Å². The van der Waals surface area contributed by atoms with Gasteiger partial charge in [0, 0.05) is 17.1 Å². The molecule has 0 spiro atoms. The molecule has 2 rings (SSSR count). The van der Waals surface area contributed by atoms with E-state index in [0.29, 0.717) is 0 Å². The zero-order chi connectivity index (χ0) is 9.52. The molecule has 1 atom stereocenters. The number of hydrogen-bond acceptors (Lipinski definition) is 1. The molecule has 0 heterocycles. The second-order valence-electron chi connectivity index (χ2n) is 2.52. The van der Waals surface area contributed by atoms with E-state index in [0.717, 1.165) is 17.2 Å². The van der Waals surface area contributed by atoms with E-state index in [2.05, 4.69) is 9.24 Å². The van der Waals surface area contributed by atoms with E-state index in [-0.39, 0.29) is 17.1 Å². The molecule has 1 nitrogen and oxygen atoms in total. The number of hydrogen-bond donors (Lipinski definition) is 0. The van der Waals surface area contributed by atoms with Crippen molar-refractivity contribution in [2.24, 2.45) is 0 Å². The zero-order valence-corrected chi connectivity index (χ0v) is 9.79. The maximum Gasteiger partial charge on any atom is 0.0955 e. The molecule has 14 heavy (non-hydrogen) atoms. The van der Waals surface area contributed by atoms with Crippen molar-refractivity contribution in [2.75, 3.05) is 0 Å². The van der Waals surface area contributed by atoms with E-state index in [1.54, 1.807) is 6.07 Å². The van der Waals surface area contributed by atoms with Crippen LogP contribution in [0.1, 0.15) is 10.4 Å². The van der Waals surface area contributed by atoms with E-state index >= 15 is 0 Å². The minimum atomic E-state index is 0. The molecule has 0 fully saturated rings. The van der Waals surface area contributed by atoms with Crippen molar-refractivity contribution in [2.45, 2.75) is 0 Å². The van der Waals surface area contributed by atoms with E-state index < -0.39 is 0 Å². The Morgan fingerprint density at radius 1 is 1.21 bits per heavy atom. The molecule has 0 saturated carbocycles. The van der Waals surface area contributed by atoms with Crippen molar-refractivity contribution < 1.29 is 21.9 Å². The molecule has 0 saturated heterocycles. The summed E-state index contributed by atoms with van der Waals surface area (Å²) in [6, 6.07) is 15.5. The van der Waals surface area contributed by atoms with Gasteiger partial charge in [0.25, 0.3) is 0 Å². The van der Waals surface area contributed by atoms with Gasteiger partial charge in [0.1, 0.15) is 0 Å². The molecule has 3 heteroatoms. The first-order valence-corrected chi connectivity index (χ1v) is 4.55. The standard InChI is InChI=1S/C6H6OP.C5H5.Fe/c7-4-5-2-1-3-6(5)8;1-2-4-5-3-1;/h1-4H,8H2;1-5H;/q-1;-5;. The average Bonchev–Trinajstić information content (AvgIpc) is 2.76. The molecule has 0 aliphatic carbocycles. The van der Waals surface area contributed by atoms with E-state index in [9.17, 15) is 4.79 Å². The number of aldehydes is 1. The molecule has 80 valence electrons. The molecular formula is C11H11FeOP-6. The third kappa shape index (κ3) is 4.53. The smallest absolute Gasteiger partial charge is 0.0955 e.